The lowest BCUT2D eigenvalue weighted by Crippen LogP contribution is -2.32. The van der Waals surface area contributed by atoms with Crippen molar-refractivity contribution in [3.8, 4) is 0 Å². The number of rotatable bonds is 7. The van der Waals surface area contributed by atoms with E-state index in [1.807, 2.05) is 12.1 Å². The number of hydrogen-bond donors (Lipinski definition) is 2. The molecule has 1 atom stereocenters. The third-order valence-corrected chi connectivity index (χ3v) is 5.21. The number of nitrogens with zero attached hydrogens (tertiary/aromatic N) is 1. The van der Waals surface area contributed by atoms with Gasteiger partial charge in [0, 0.05) is 24.3 Å². The van der Waals surface area contributed by atoms with Crippen LogP contribution in [0, 0.1) is 11.8 Å². The molecule has 1 unspecified atom stereocenters. The molecule has 29 heavy (non-hydrogen) atoms. The molecule has 1 heterocycles. The Morgan fingerprint density at radius 1 is 1.10 bits per heavy atom. The maximum absolute atomic E-state index is 13.0. The lowest BCUT2D eigenvalue weighted by Gasteiger charge is -2.24. The summed E-state index contributed by atoms with van der Waals surface area (Å²) in [5.41, 5.74) is 3.72. The van der Waals surface area contributed by atoms with Crippen molar-refractivity contribution in [1.82, 2.24) is 10.6 Å². The van der Waals surface area contributed by atoms with Crippen LogP contribution >= 0.6 is 0 Å². The molecule has 0 radical (unpaired) electrons. The smallest absolute Gasteiger partial charge is 0.321 e. The molecular formula is C24H31N3O2. The quantitative estimate of drug-likeness (QED) is 0.725. The van der Waals surface area contributed by atoms with Crippen LogP contribution in [0.15, 0.2) is 48.5 Å². The molecule has 1 aliphatic heterocycles. The van der Waals surface area contributed by atoms with Gasteiger partial charge in [0.25, 0.3) is 5.91 Å². The molecule has 0 aromatic heterocycles. The molecule has 0 saturated carbocycles. The van der Waals surface area contributed by atoms with E-state index < -0.39 is 0 Å². The number of nitrogens with one attached hydrogen (secondary N) is 2. The number of carbonyl (C=O) groups excluding carboxylic acids is 2. The van der Waals surface area contributed by atoms with Crippen molar-refractivity contribution in [2.75, 3.05) is 18.0 Å². The van der Waals surface area contributed by atoms with E-state index in [0.29, 0.717) is 24.6 Å². The molecule has 5 nitrogen and oxygen atoms in total. The fraction of sp³-hybridized carbons (Fsp3) is 0.417. The SMILES string of the molecule is CC(C)Cc1ccc(C(NC(=O)c2cccc(N3CCNC3=O)c2)C(C)C)cc1. The highest BCUT2D eigenvalue weighted by atomic mass is 16.2. The van der Waals surface area contributed by atoms with E-state index in [-0.39, 0.29) is 23.9 Å². The zero-order chi connectivity index (χ0) is 21.0. The second-order valence-corrected chi connectivity index (χ2v) is 8.47. The van der Waals surface area contributed by atoms with Crippen LogP contribution in [0.4, 0.5) is 10.5 Å². The van der Waals surface area contributed by atoms with Gasteiger partial charge in [-0.1, -0.05) is 58.0 Å². The van der Waals surface area contributed by atoms with Crippen molar-refractivity contribution >= 4 is 17.6 Å². The molecule has 2 aromatic carbocycles. The molecule has 1 saturated heterocycles. The molecule has 1 aliphatic rings. The summed E-state index contributed by atoms with van der Waals surface area (Å²) in [6.45, 7) is 9.88. The van der Waals surface area contributed by atoms with E-state index in [9.17, 15) is 9.59 Å². The third-order valence-electron chi connectivity index (χ3n) is 5.21. The zero-order valence-electron chi connectivity index (χ0n) is 17.7. The predicted octanol–water partition coefficient (Wildman–Crippen LogP) is 4.54. The van der Waals surface area contributed by atoms with E-state index in [1.54, 1.807) is 17.0 Å². The summed E-state index contributed by atoms with van der Waals surface area (Å²) in [6.07, 6.45) is 1.05. The number of urea groups is 1. The minimum Gasteiger partial charge on any atom is -0.345 e. The first-order valence-corrected chi connectivity index (χ1v) is 10.4. The third kappa shape index (κ3) is 5.17. The first-order chi connectivity index (χ1) is 13.8. The van der Waals surface area contributed by atoms with Crippen LogP contribution in [0.5, 0.6) is 0 Å². The van der Waals surface area contributed by atoms with Gasteiger partial charge in [-0.3, -0.25) is 9.69 Å². The summed E-state index contributed by atoms with van der Waals surface area (Å²) >= 11 is 0. The monoisotopic (exact) mass is 393 g/mol. The lowest BCUT2D eigenvalue weighted by molar-refractivity contribution is 0.0925. The molecule has 2 N–H and O–H groups in total. The van der Waals surface area contributed by atoms with Gasteiger partial charge in [-0.2, -0.15) is 0 Å². The summed E-state index contributed by atoms with van der Waals surface area (Å²) in [4.78, 5) is 26.5. The molecule has 1 fully saturated rings. The first-order valence-electron chi connectivity index (χ1n) is 10.4. The summed E-state index contributed by atoms with van der Waals surface area (Å²) in [6, 6.07) is 15.6. The maximum atomic E-state index is 13.0. The standard InChI is InChI=1S/C24H31N3O2/c1-16(2)14-18-8-10-19(11-9-18)22(17(3)4)26-23(28)20-6-5-7-21(15-20)27-13-12-25-24(27)29/h5-11,15-17,22H,12-14H2,1-4H3,(H,25,29)(H,26,28). The zero-order valence-corrected chi connectivity index (χ0v) is 17.7. The van der Waals surface area contributed by atoms with Crippen molar-refractivity contribution < 1.29 is 9.59 Å². The van der Waals surface area contributed by atoms with Crippen LogP contribution in [-0.2, 0) is 6.42 Å². The highest BCUT2D eigenvalue weighted by Crippen LogP contribution is 2.24. The average molecular weight is 394 g/mol. The van der Waals surface area contributed by atoms with Crippen LogP contribution < -0.4 is 15.5 Å². The van der Waals surface area contributed by atoms with Gasteiger partial charge in [0.2, 0.25) is 0 Å². The average Bonchev–Trinajstić information content (AvgIpc) is 3.12. The molecule has 0 bridgehead atoms. The second kappa shape index (κ2) is 9.12. The Balaban J connectivity index is 1.75. The van der Waals surface area contributed by atoms with E-state index in [4.69, 9.17) is 0 Å². The van der Waals surface area contributed by atoms with E-state index in [1.165, 1.54) is 5.56 Å². The minimum absolute atomic E-state index is 0.0747. The van der Waals surface area contributed by atoms with Crippen LogP contribution in [0.1, 0.15) is 55.2 Å². The van der Waals surface area contributed by atoms with Crippen LogP contribution in [0.3, 0.4) is 0 Å². The molecule has 3 amide bonds. The van der Waals surface area contributed by atoms with Gasteiger partial charge in [0.1, 0.15) is 0 Å². The number of anilines is 1. The van der Waals surface area contributed by atoms with E-state index in [0.717, 1.165) is 17.7 Å². The highest BCUT2D eigenvalue weighted by molar-refractivity contribution is 5.98. The van der Waals surface area contributed by atoms with Gasteiger partial charge in [-0.25, -0.2) is 4.79 Å². The van der Waals surface area contributed by atoms with Crippen molar-refractivity contribution in [2.24, 2.45) is 11.8 Å². The lowest BCUT2D eigenvalue weighted by atomic mass is 9.93. The summed E-state index contributed by atoms with van der Waals surface area (Å²) < 4.78 is 0. The Morgan fingerprint density at radius 3 is 2.41 bits per heavy atom. The minimum atomic E-state index is -0.128. The van der Waals surface area contributed by atoms with Gasteiger partial charge in [-0.05, 0) is 47.6 Å². The Hall–Kier alpha value is -2.82. The molecule has 0 spiro atoms. The van der Waals surface area contributed by atoms with E-state index in [2.05, 4.69) is 62.6 Å². The van der Waals surface area contributed by atoms with Crippen molar-refractivity contribution in [1.29, 1.82) is 0 Å². The Bertz CT molecular complexity index is 859. The fourth-order valence-electron chi connectivity index (χ4n) is 3.72. The topological polar surface area (TPSA) is 61.4 Å². The summed E-state index contributed by atoms with van der Waals surface area (Å²) in [5.74, 6) is 0.741. The van der Waals surface area contributed by atoms with Gasteiger partial charge in [0.15, 0.2) is 0 Å². The number of hydrogen-bond acceptors (Lipinski definition) is 2. The molecular weight excluding hydrogens is 362 g/mol. The summed E-state index contributed by atoms with van der Waals surface area (Å²) in [7, 11) is 0. The highest BCUT2D eigenvalue weighted by Gasteiger charge is 2.23. The normalized spacial score (nSPS) is 15.0. The predicted molar refractivity (Wildman–Crippen MR) is 117 cm³/mol. The van der Waals surface area contributed by atoms with Crippen molar-refractivity contribution in [3.05, 3.63) is 65.2 Å². The number of amides is 3. The first kappa shape index (κ1) is 20.9. The Labute approximate surface area is 173 Å². The largest absolute Gasteiger partial charge is 0.345 e. The molecule has 0 aliphatic carbocycles. The second-order valence-electron chi connectivity index (χ2n) is 8.47. The number of benzene rings is 2. The van der Waals surface area contributed by atoms with Gasteiger partial charge >= 0.3 is 6.03 Å². The van der Waals surface area contributed by atoms with Gasteiger partial charge in [-0.15, -0.1) is 0 Å². The Morgan fingerprint density at radius 2 is 1.83 bits per heavy atom. The van der Waals surface area contributed by atoms with Crippen LogP contribution in [-0.4, -0.2) is 25.0 Å². The van der Waals surface area contributed by atoms with Gasteiger partial charge < -0.3 is 10.6 Å². The summed E-state index contributed by atoms with van der Waals surface area (Å²) in [5, 5.41) is 5.97. The fourth-order valence-corrected chi connectivity index (χ4v) is 3.72. The molecule has 2 aromatic rings. The van der Waals surface area contributed by atoms with Crippen molar-refractivity contribution in [2.45, 2.75) is 40.2 Å². The molecule has 154 valence electrons. The van der Waals surface area contributed by atoms with Crippen molar-refractivity contribution in [3.63, 3.8) is 0 Å². The molecule has 5 heteroatoms. The number of carbonyl (C=O) groups is 2. The molecule has 3 rings (SSSR count). The van der Waals surface area contributed by atoms with Gasteiger partial charge in [0.05, 0.1) is 6.04 Å². The van der Waals surface area contributed by atoms with E-state index >= 15 is 0 Å². The maximum Gasteiger partial charge on any atom is 0.321 e. The van der Waals surface area contributed by atoms with Crippen LogP contribution in [0.25, 0.3) is 0 Å². The Kier molecular flexibility index (Phi) is 6.57. The van der Waals surface area contributed by atoms with Crippen LogP contribution in [0.2, 0.25) is 0 Å².